The Balaban J connectivity index is 1.29. The molecule has 0 bridgehead atoms. The maximum Gasteiger partial charge on any atom is 0.256 e. The zero-order valence-corrected chi connectivity index (χ0v) is 22.1. The number of amides is 1. The van der Waals surface area contributed by atoms with Gasteiger partial charge in [0.1, 0.15) is 5.82 Å². The first-order valence-electron chi connectivity index (χ1n) is 13.1. The van der Waals surface area contributed by atoms with Crippen LogP contribution in [0.2, 0.25) is 0 Å². The molecule has 0 spiro atoms. The Kier molecular flexibility index (Phi) is 6.83. The summed E-state index contributed by atoms with van der Waals surface area (Å²) < 4.78 is 14.0. The SMILES string of the molecule is CN1CCN(c2ccc(C(=O)Nc3n[nH]c4cc(-c5cnc(N)nc5)c(Cc5cccc(F)c5)cc34)cc2)CC1. The van der Waals surface area contributed by atoms with E-state index in [1.165, 1.54) is 12.1 Å². The number of aromatic nitrogens is 4. The number of nitrogens with two attached hydrogens (primary N) is 1. The topological polar surface area (TPSA) is 116 Å². The van der Waals surface area contributed by atoms with Crippen LogP contribution in [0.15, 0.2) is 73.1 Å². The van der Waals surface area contributed by atoms with Crippen molar-refractivity contribution in [1.82, 2.24) is 25.1 Å². The summed E-state index contributed by atoms with van der Waals surface area (Å²) in [5.41, 5.74) is 11.4. The molecule has 6 rings (SSSR count). The number of aromatic amines is 1. The van der Waals surface area contributed by atoms with Crippen LogP contribution < -0.4 is 16.0 Å². The van der Waals surface area contributed by atoms with Crippen LogP contribution in [0, 0.1) is 5.82 Å². The van der Waals surface area contributed by atoms with Crippen LogP contribution in [0.5, 0.6) is 0 Å². The van der Waals surface area contributed by atoms with E-state index in [0.717, 1.165) is 65.0 Å². The summed E-state index contributed by atoms with van der Waals surface area (Å²) in [5, 5.41) is 11.1. The van der Waals surface area contributed by atoms with Gasteiger partial charge < -0.3 is 20.9 Å². The van der Waals surface area contributed by atoms with Crippen molar-refractivity contribution in [2.75, 3.05) is 49.2 Å². The van der Waals surface area contributed by atoms with Crippen molar-refractivity contribution < 1.29 is 9.18 Å². The van der Waals surface area contributed by atoms with Gasteiger partial charge in [0.05, 0.1) is 5.52 Å². The third-order valence-corrected chi connectivity index (χ3v) is 7.28. The molecule has 0 saturated carbocycles. The second-order valence-electron chi connectivity index (χ2n) is 10.1. The van der Waals surface area contributed by atoms with Gasteiger partial charge in [-0.1, -0.05) is 12.1 Å². The van der Waals surface area contributed by atoms with Gasteiger partial charge in [0, 0.05) is 60.8 Å². The van der Waals surface area contributed by atoms with E-state index in [1.54, 1.807) is 18.5 Å². The molecule has 1 aliphatic rings. The summed E-state index contributed by atoms with van der Waals surface area (Å²) in [6, 6.07) is 18.0. The number of nitrogen functional groups attached to an aromatic ring is 1. The molecule has 0 unspecified atom stereocenters. The lowest BCUT2D eigenvalue weighted by molar-refractivity contribution is 0.102. The number of rotatable bonds is 6. The molecule has 0 atom stereocenters. The molecule has 1 aliphatic heterocycles. The summed E-state index contributed by atoms with van der Waals surface area (Å²) >= 11 is 0. The van der Waals surface area contributed by atoms with Gasteiger partial charge in [0.25, 0.3) is 5.91 Å². The van der Waals surface area contributed by atoms with Gasteiger partial charge >= 0.3 is 0 Å². The molecule has 1 amide bonds. The lowest BCUT2D eigenvalue weighted by atomic mass is 9.94. The van der Waals surface area contributed by atoms with Crippen LogP contribution >= 0.6 is 0 Å². The molecule has 0 radical (unpaired) electrons. The first-order chi connectivity index (χ1) is 19.4. The van der Waals surface area contributed by atoms with Crippen LogP contribution in [-0.2, 0) is 6.42 Å². The highest BCUT2D eigenvalue weighted by Crippen LogP contribution is 2.32. The van der Waals surface area contributed by atoms with E-state index in [4.69, 9.17) is 5.73 Å². The Morgan fingerprint density at radius 1 is 1.02 bits per heavy atom. The third-order valence-electron chi connectivity index (χ3n) is 7.28. The largest absolute Gasteiger partial charge is 0.369 e. The molecule has 3 aromatic carbocycles. The van der Waals surface area contributed by atoms with Crippen LogP contribution in [0.3, 0.4) is 0 Å². The van der Waals surface area contributed by atoms with Gasteiger partial charge in [0.15, 0.2) is 5.82 Å². The molecule has 0 aliphatic carbocycles. The molecule has 5 aromatic rings. The maximum atomic E-state index is 14.0. The zero-order chi connectivity index (χ0) is 27.6. The molecule has 4 N–H and O–H groups in total. The number of anilines is 3. The average Bonchev–Trinajstić information content (AvgIpc) is 3.35. The molecule has 2 aromatic heterocycles. The quantitative estimate of drug-likeness (QED) is 0.296. The Morgan fingerprint density at radius 3 is 2.50 bits per heavy atom. The molecule has 3 heterocycles. The number of hydrogen-bond acceptors (Lipinski definition) is 7. The number of nitrogens with one attached hydrogen (secondary N) is 2. The fourth-order valence-corrected chi connectivity index (χ4v) is 5.03. The number of benzene rings is 3. The van der Waals surface area contributed by atoms with E-state index in [1.807, 2.05) is 42.5 Å². The van der Waals surface area contributed by atoms with Gasteiger partial charge in [-0.3, -0.25) is 9.89 Å². The number of nitrogens with zero attached hydrogens (tertiary/aromatic N) is 5. The van der Waals surface area contributed by atoms with Crippen molar-refractivity contribution in [3.8, 4) is 11.1 Å². The monoisotopic (exact) mass is 536 g/mol. The average molecular weight is 537 g/mol. The zero-order valence-electron chi connectivity index (χ0n) is 22.1. The van der Waals surface area contributed by atoms with Crippen molar-refractivity contribution in [3.63, 3.8) is 0 Å². The van der Waals surface area contributed by atoms with E-state index in [0.29, 0.717) is 17.8 Å². The Morgan fingerprint density at radius 2 is 1.77 bits per heavy atom. The van der Waals surface area contributed by atoms with E-state index >= 15 is 0 Å². The van der Waals surface area contributed by atoms with Gasteiger partial charge in [-0.2, -0.15) is 5.10 Å². The van der Waals surface area contributed by atoms with Crippen molar-refractivity contribution in [3.05, 3.63) is 95.6 Å². The highest BCUT2D eigenvalue weighted by atomic mass is 19.1. The van der Waals surface area contributed by atoms with Gasteiger partial charge in [-0.25, -0.2) is 14.4 Å². The summed E-state index contributed by atoms with van der Waals surface area (Å²) in [7, 11) is 2.13. The lowest BCUT2D eigenvalue weighted by Gasteiger charge is -2.34. The number of carbonyl (C=O) groups is 1. The Labute approximate surface area is 230 Å². The van der Waals surface area contributed by atoms with Crippen LogP contribution in [-0.4, -0.2) is 64.2 Å². The van der Waals surface area contributed by atoms with Crippen molar-refractivity contribution in [1.29, 1.82) is 0 Å². The lowest BCUT2D eigenvalue weighted by Crippen LogP contribution is -2.44. The number of H-pyrrole nitrogens is 1. The number of likely N-dealkylation sites (N-methyl/N-ethyl adjacent to an activating group) is 1. The molecule has 1 saturated heterocycles. The first kappa shape index (κ1) is 25.4. The normalized spacial score (nSPS) is 14.0. The predicted molar refractivity (Wildman–Crippen MR) is 155 cm³/mol. The molecular formula is C30H29FN8O. The fraction of sp³-hybridized carbons (Fsp3) is 0.200. The minimum absolute atomic E-state index is 0.180. The number of fused-ring (bicyclic) bond motifs is 1. The minimum atomic E-state index is -0.300. The van der Waals surface area contributed by atoms with Crippen LogP contribution in [0.1, 0.15) is 21.5 Å². The van der Waals surface area contributed by atoms with E-state index in [2.05, 4.69) is 42.3 Å². The third kappa shape index (κ3) is 5.34. The van der Waals surface area contributed by atoms with Gasteiger partial charge in [-0.15, -0.1) is 0 Å². The molecule has 202 valence electrons. The van der Waals surface area contributed by atoms with Crippen molar-refractivity contribution in [2.45, 2.75) is 6.42 Å². The summed E-state index contributed by atoms with van der Waals surface area (Å²) in [5.74, 6) is 0.0511. The molecular weight excluding hydrogens is 507 g/mol. The molecule has 40 heavy (non-hydrogen) atoms. The van der Waals surface area contributed by atoms with Gasteiger partial charge in [-0.05, 0) is 78.7 Å². The Bertz CT molecular complexity index is 1660. The standard InChI is InChI=1S/C30H29FN8O/c1-38-9-11-39(12-10-38)24-7-5-20(6-8-24)29(40)35-28-26-15-21(13-19-3-2-4-23(31)14-19)25(16-27(26)36-37-28)22-17-33-30(32)34-18-22/h2-8,14-18H,9-13H2,1H3,(H2,32,33,34)(H2,35,36,37,40). The van der Waals surface area contributed by atoms with E-state index in [9.17, 15) is 9.18 Å². The molecule has 9 nitrogen and oxygen atoms in total. The second-order valence-corrected chi connectivity index (χ2v) is 10.1. The van der Waals surface area contributed by atoms with E-state index < -0.39 is 0 Å². The number of halogens is 1. The second kappa shape index (κ2) is 10.7. The Hall–Kier alpha value is -4.83. The van der Waals surface area contributed by atoms with Crippen molar-refractivity contribution in [2.24, 2.45) is 0 Å². The highest BCUT2D eigenvalue weighted by Gasteiger charge is 2.18. The number of piperazine rings is 1. The summed E-state index contributed by atoms with van der Waals surface area (Å²) in [6.07, 6.45) is 3.77. The summed E-state index contributed by atoms with van der Waals surface area (Å²) in [4.78, 5) is 26.1. The fourth-order valence-electron chi connectivity index (χ4n) is 5.03. The van der Waals surface area contributed by atoms with Crippen LogP contribution in [0.4, 0.5) is 21.8 Å². The maximum absolute atomic E-state index is 14.0. The number of carbonyl (C=O) groups excluding carboxylic acids is 1. The van der Waals surface area contributed by atoms with Gasteiger partial charge in [0.2, 0.25) is 5.95 Å². The first-order valence-corrected chi connectivity index (χ1v) is 13.1. The number of hydrogen-bond donors (Lipinski definition) is 3. The van der Waals surface area contributed by atoms with Crippen LogP contribution in [0.25, 0.3) is 22.0 Å². The summed E-state index contributed by atoms with van der Waals surface area (Å²) in [6.45, 7) is 3.96. The van der Waals surface area contributed by atoms with Crippen molar-refractivity contribution >= 4 is 34.3 Å². The molecule has 10 heteroatoms. The van der Waals surface area contributed by atoms with E-state index in [-0.39, 0.29) is 17.7 Å². The minimum Gasteiger partial charge on any atom is -0.369 e. The smallest absolute Gasteiger partial charge is 0.256 e. The predicted octanol–water partition coefficient (Wildman–Crippen LogP) is 4.34. The highest BCUT2D eigenvalue weighted by molar-refractivity contribution is 6.08. The molecule has 1 fully saturated rings.